The molecular formula is C25H22. The van der Waals surface area contributed by atoms with Gasteiger partial charge in [0, 0.05) is 0 Å². The lowest BCUT2D eigenvalue weighted by molar-refractivity contribution is 0.942. The number of hydrogen-bond donors (Lipinski definition) is 0. The van der Waals surface area contributed by atoms with E-state index in [1.807, 2.05) is 0 Å². The first-order valence-corrected chi connectivity index (χ1v) is 8.97. The molecule has 4 aromatic carbocycles. The first kappa shape index (κ1) is 15.7. The Hall–Kier alpha value is -2.86. The number of rotatable bonds is 5. The van der Waals surface area contributed by atoms with Crippen LogP contribution in [0.15, 0.2) is 97.1 Å². The highest BCUT2D eigenvalue weighted by Gasteiger charge is 2.09. The van der Waals surface area contributed by atoms with Gasteiger partial charge in [-0.15, -0.1) is 0 Å². The Labute approximate surface area is 149 Å². The van der Waals surface area contributed by atoms with Gasteiger partial charge in [0.1, 0.15) is 0 Å². The van der Waals surface area contributed by atoms with Crippen molar-refractivity contribution in [2.45, 2.75) is 19.3 Å². The SMILES string of the molecule is c1ccc(CCc2ccc3ccccc3c2Cc2ccccc2)cc1. The predicted molar refractivity (Wildman–Crippen MR) is 107 cm³/mol. The monoisotopic (exact) mass is 322 g/mol. The summed E-state index contributed by atoms with van der Waals surface area (Å²) in [5.41, 5.74) is 5.72. The van der Waals surface area contributed by atoms with Crippen molar-refractivity contribution in [2.24, 2.45) is 0 Å². The molecule has 0 radical (unpaired) electrons. The van der Waals surface area contributed by atoms with Crippen molar-refractivity contribution in [1.82, 2.24) is 0 Å². The normalized spacial score (nSPS) is 10.9. The summed E-state index contributed by atoms with van der Waals surface area (Å²) < 4.78 is 0. The molecule has 0 saturated heterocycles. The fraction of sp³-hybridized carbons (Fsp3) is 0.120. The first-order valence-electron chi connectivity index (χ1n) is 8.97. The first-order chi connectivity index (χ1) is 12.4. The molecule has 0 unspecified atom stereocenters. The summed E-state index contributed by atoms with van der Waals surface area (Å²) in [6.07, 6.45) is 3.16. The second-order valence-electron chi connectivity index (χ2n) is 6.57. The van der Waals surface area contributed by atoms with Crippen LogP contribution in [0.4, 0.5) is 0 Å². The van der Waals surface area contributed by atoms with Crippen molar-refractivity contribution in [2.75, 3.05) is 0 Å². The molecule has 122 valence electrons. The summed E-state index contributed by atoms with van der Waals surface area (Å²) in [6, 6.07) is 34.9. The van der Waals surface area contributed by atoms with Crippen LogP contribution in [0.1, 0.15) is 22.3 Å². The van der Waals surface area contributed by atoms with Crippen LogP contribution in [0.5, 0.6) is 0 Å². The van der Waals surface area contributed by atoms with E-state index in [9.17, 15) is 0 Å². The topological polar surface area (TPSA) is 0 Å². The van der Waals surface area contributed by atoms with Crippen LogP contribution in [-0.2, 0) is 19.3 Å². The van der Waals surface area contributed by atoms with Gasteiger partial charge in [-0.2, -0.15) is 0 Å². The molecule has 4 rings (SSSR count). The van der Waals surface area contributed by atoms with Gasteiger partial charge < -0.3 is 0 Å². The summed E-state index contributed by atoms with van der Waals surface area (Å²) in [4.78, 5) is 0. The fourth-order valence-corrected chi connectivity index (χ4v) is 3.55. The molecule has 0 heteroatoms. The maximum Gasteiger partial charge on any atom is -0.00169 e. The quantitative estimate of drug-likeness (QED) is 0.409. The van der Waals surface area contributed by atoms with Crippen molar-refractivity contribution in [3.8, 4) is 0 Å². The van der Waals surface area contributed by atoms with Gasteiger partial charge in [-0.1, -0.05) is 97.1 Å². The zero-order valence-electron chi connectivity index (χ0n) is 14.4. The van der Waals surface area contributed by atoms with Gasteiger partial charge in [-0.05, 0) is 52.3 Å². The minimum absolute atomic E-state index is 0.992. The van der Waals surface area contributed by atoms with Gasteiger partial charge in [-0.25, -0.2) is 0 Å². The van der Waals surface area contributed by atoms with E-state index in [4.69, 9.17) is 0 Å². The Bertz CT molecular complexity index is 953. The minimum atomic E-state index is 0.992. The average molecular weight is 322 g/mol. The van der Waals surface area contributed by atoms with Crippen molar-refractivity contribution in [1.29, 1.82) is 0 Å². The van der Waals surface area contributed by atoms with E-state index >= 15 is 0 Å². The van der Waals surface area contributed by atoms with E-state index in [1.165, 1.54) is 33.0 Å². The van der Waals surface area contributed by atoms with Crippen molar-refractivity contribution in [3.05, 3.63) is 119 Å². The van der Waals surface area contributed by atoms with Gasteiger partial charge in [0.2, 0.25) is 0 Å². The lowest BCUT2D eigenvalue weighted by Crippen LogP contribution is -2.00. The van der Waals surface area contributed by atoms with Crippen LogP contribution in [-0.4, -0.2) is 0 Å². The Morgan fingerprint density at radius 3 is 1.88 bits per heavy atom. The highest BCUT2D eigenvalue weighted by atomic mass is 14.1. The van der Waals surface area contributed by atoms with Gasteiger partial charge in [-0.3, -0.25) is 0 Å². The molecule has 0 atom stereocenters. The van der Waals surface area contributed by atoms with Gasteiger partial charge in [0.25, 0.3) is 0 Å². The van der Waals surface area contributed by atoms with E-state index in [0.29, 0.717) is 0 Å². The third-order valence-corrected chi connectivity index (χ3v) is 4.89. The second-order valence-corrected chi connectivity index (χ2v) is 6.57. The number of hydrogen-bond acceptors (Lipinski definition) is 0. The van der Waals surface area contributed by atoms with Gasteiger partial charge in [0.05, 0.1) is 0 Å². The molecule has 0 N–H and O–H groups in total. The number of benzene rings is 4. The molecule has 0 heterocycles. The molecule has 0 saturated carbocycles. The molecule has 25 heavy (non-hydrogen) atoms. The predicted octanol–water partition coefficient (Wildman–Crippen LogP) is 6.22. The van der Waals surface area contributed by atoms with Gasteiger partial charge in [0.15, 0.2) is 0 Å². The summed E-state index contributed by atoms with van der Waals surface area (Å²) in [7, 11) is 0. The molecule has 0 aliphatic heterocycles. The minimum Gasteiger partial charge on any atom is -0.0622 e. The molecule has 0 aliphatic rings. The number of aryl methyl sites for hydroxylation is 2. The van der Waals surface area contributed by atoms with Crippen molar-refractivity contribution >= 4 is 10.8 Å². The van der Waals surface area contributed by atoms with Crippen molar-refractivity contribution < 1.29 is 0 Å². The largest absolute Gasteiger partial charge is 0.0622 e. The zero-order chi connectivity index (χ0) is 16.9. The zero-order valence-corrected chi connectivity index (χ0v) is 14.4. The third kappa shape index (κ3) is 3.64. The van der Waals surface area contributed by atoms with Crippen LogP contribution in [0, 0.1) is 0 Å². The third-order valence-electron chi connectivity index (χ3n) is 4.89. The Morgan fingerprint density at radius 2 is 1.12 bits per heavy atom. The number of fused-ring (bicyclic) bond motifs is 1. The second kappa shape index (κ2) is 7.36. The van der Waals surface area contributed by atoms with Crippen LogP contribution in [0.2, 0.25) is 0 Å². The molecule has 0 aromatic heterocycles. The molecule has 0 amide bonds. The van der Waals surface area contributed by atoms with Gasteiger partial charge >= 0.3 is 0 Å². The summed E-state index contributed by atoms with van der Waals surface area (Å²) in [5, 5.41) is 2.72. The highest BCUT2D eigenvalue weighted by molar-refractivity contribution is 5.87. The van der Waals surface area contributed by atoms with Crippen LogP contribution >= 0.6 is 0 Å². The van der Waals surface area contributed by atoms with E-state index < -0.39 is 0 Å². The summed E-state index contributed by atoms with van der Waals surface area (Å²) >= 11 is 0. The summed E-state index contributed by atoms with van der Waals surface area (Å²) in [5.74, 6) is 0. The maximum atomic E-state index is 2.32. The lowest BCUT2D eigenvalue weighted by atomic mass is 9.91. The molecule has 0 bridgehead atoms. The summed E-state index contributed by atoms with van der Waals surface area (Å²) in [6.45, 7) is 0. The molecule has 0 nitrogen and oxygen atoms in total. The fourth-order valence-electron chi connectivity index (χ4n) is 3.55. The molecule has 0 fully saturated rings. The Balaban J connectivity index is 1.71. The molecular weight excluding hydrogens is 300 g/mol. The maximum absolute atomic E-state index is 2.32. The molecule has 0 aliphatic carbocycles. The Kier molecular flexibility index (Phi) is 4.61. The highest BCUT2D eigenvalue weighted by Crippen LogP contribution is 2.26. The Morgan fingerprint density at radius 1 is 0.480 bits per heavy atom. The van der Waals surface area contributed by atoms with E-state index in [2.05, 4.69) is 97.1 Å². The van der Waals surface area contributed by atoms with Crippen molar-refractivity contribution in [3.63, 3.8) is 0 Å². The van der Waals surface area contributed by atoms with Crippen LogP contribution in [0.25, 0.3) is 10.8 Å². The van der Waals surface area contributed by atoms with E-state index in [-0.39, 0.29) is 0 Å². The average Bonchev–Trinajstić information content (AvgIpc) is 2.69. The van der Waals surface area contributed by atoms with E-state index in [0.717, 1.165) is 19.3 Å². The van der Waals surface area contributed by atoms with Crippen LogP contribution < -0.4 is 0 Å². The smallest absolute Gasteiger partial charge is 0.00169 e. The molecule has 4 aromatic rings. The standard InChI is InChI=1S/C25H22/c1-3-9-20(10-4-1)15-16-23-18-17-22-13-7-8-14-24(22)25(23)19-21-11-5-2-6-12-21/h1-14,17-18H,15-16,19H2. The lowest BCUT2D eigenvalue weighted by Gasteiger charge is -2.14. The molecule has 0 spiro atoms. The van der Waals surface area contributed by atoms with Crippen LogP contribution in [0.3, 0.4) is 0 Å². The van der Waals surface area contributed by atoms with E-state index in [1.54, 1.807) is 0 Å².